The number of hydrogen-bond acceptors (Lipinski definition) is 5. The van der Waals surface area contributed by atoms with E-state index in [1.54, 1.807) is 25.3 Å². The predicted molar refractivity (Wildman–Crippen MR) is 112 cm³/mol. The third kappa shape index (κ3) is 5.46. The molecular formula is C21H24Cl2N2O3. The van der Waals surface area contributed by atoms with Gasteiger partial charge in [-0.2, -0.15) is 0 Å². The number of hydrogen-bond donors (Lipinski definition) is 1. The average molecular weight is 423 g/mol. The molecule has 5 nitrogen and oxygen atoms in total. The molecule has 1 N–H and O–H groups in total. The molecule has 0 bridgehead atoms. The monoisotopic (exact) mass is 422 g/mol. The second kappa shape index (κ2) is 10.2. The van der Waals surface area contributed by atoms with Crippen molar-refractivity contribution >= 4 is 29.0 Å². The third-order valence-corrected chi connectivity index (χ3v) is 5.39. The van der Waals surface area contributed by atoms with Crippen LogP contribution < -0.4 is 10.1 Å². The summed E-state index contributed by atoms with van der Waals surface area (Å²) < 4.78 is 10.6. The molecule has 3 rings (SSSR count). The molecule has 150 valence electrons. The molecule has 1 atom stereocenters. The minimum atomic E-state index is -0.0126. The van der Waals surface area contributed by atoms with Crippen LogP contribution in [0.5, 0.6) is 5.75 Å². The van der Waals surface area contributed by atoms with E-state index in [0.29, 0.717) is 41.1 Å². The van der Waals surface area contributed by atoms with Gasteiger partial charge in [-0.15, -0.1) is 0 Å². The summed E-state index contributed by atoms with van der Waals surface area (Å²) in [5.74, 6) is 0.544. The first kappa shape index (κ1) is 21.1. The second-order valence-electron chi connectivity index (χ2n) is 6.62. The number of halogens is 2. The van der Waals surface area contributed by atoms with E-state index in [0.717, 1.165) is 13.1 Å². The smallest absolute Gasteiger partial charge is 0.176 e. The maximum Gasteiger partial charge on any atom is 0.176 e. The van der Waals surface area contributed by atoms with E-state index in [1.165, 1.54) is 5.56 Å². The number of Topliss-reactive ketones (excluding diaryl/α,β-unsaturated/α-hetero) is 1. The summed E-state index contributed by atoms with van der Waals surface area (Å²) >= 11 is 12.2. The third-order valence-electron chi connectivity index (χ3n) is 4.84. The fourth-order valence-corrected chi connectivity index (χ4v) is 3.68. The van der Waals surface area contributed by atoms with Gasteiger partial charge in [0.15, 0.2) is 5.78 Å². The number of nitrogens with one attached hydrogen (secondary N) is 1. The fraction of sp³-hybridized carbons (Fsp3) is 0.381. The van der Waals surface area contributed by atoms with Crippen LogP contribution >= 0.6 is 23.2 Å². The molecule has 1 saturated heterocycles. The predicted octanol–water partition coefficient (Wildman–Crippen LogP) is 3.85. The highest BCUT2D eigenvalue weighted by Gasteiger charge is 2.22. The zero-order valence-corrected chi connectivity index (χ0v) is 17.3. The zero-order valence-electron chi connectivity index (χ0n) is 15.8. The van der Waals surface area contributed by atoms with Crippen LogP contribution in [0.3, 0.4) is 0 Å². The van der Waals surface area contributed by atoms with Crippen LogP contribution in [0, 0.1) is 0 Å². The summed E-state index contributed by atoms with van der Waals surface area (Å²) in [6.07, 6.45) is 0. The first-order valence-corrected chi connectivity index (χ1v) is 9.99. The number of morpholine rings is 1. The average Bonchev–Trinajstić information content (AvgIpc) is 2.72. The van der Waals surface area contributed by atoms with Crippen molar-refractivity contribution < 1.29 is 14.3 Å². The molecule has 0 saturated carbocycles. The van der Waals surface area contributed by atoms with E-state index in [-0.39, 0.29) is 18.4 Å². The summed E-state index contributed by atoms with van der Waals surface area (Å²) in [7, 11) is 1.55. The maximum absolute atomic E-state index is 12.5. The van der Waals surface area contributed by atoms with E-state index in [4.69, 9.17) is 32.7 Å². The quantitative estimate of drug-likeness (QED) is 0.654. The molecule has 0 amide bonds. The van der Waals surface area contributed by atoms with Crippen LogP contribution in [0.1, 0.15) is 22.0 Å². The Balaban J connectivity index is 1.63. The molecule has 2 aromatic carbocycles. The van der Waals surface area contributed by atoms with Gasteiger partial charge < -0.3 is 14.8 Å². The molecule has 1 aliphatic heterocycles. The summed E-state index contributed by atoms with van der Waals surface area (Å²) in [6.45, 7) is 4.03. The summed E-state index contributed by atoms with van der Waals surface area (Å²) in [5, 5.41) is 4.45. The Morgan fingerprint density at radius 2 is 1.89 bits per heavy atom. The molecule has 0 spiro atoms. The standard InChI is InChI=1S/C21H24Cl2N2O3/c1-27-21-7-4-16(12-18(21)23)20(26)14-24-13-19(25-8-10-28-11-9-25)15-2-5-17(22)6-3-15/h2-7,12,19,24H,8-11,13-14H2,1H3. The van der Waals surface area contributed by atoms with Crippen molar-refractivity contribution in [2.45, 2.75) is 6.04 Å². The number of carbonyl (C=O) groups is 1. The molecule has 1 fully saturated rings. The Hall–Kier alpha value is -1.63. The van der Waals surface area contributed by atoms with Gasteiger partial charge in [0, 0.05) is 36.3 Å². The summed E-state index contributed by atoms with van der Waals surface area (Å²) in [5.41, 5.74) is 1.73. The van der Waals surface area contributed by atoms with E-state index >= 15 is 0 Å². The van der Waals surface area contributed by atoms with Crippen molar-refractivity contribution in [3.63, 3.8) is 0 Å². The van der Waals surface area contributed by atoms with Gasteiger partial charge in [-0.05, 0) is 35.9 Å². The topological polar surface area (TPSA) is 50.8 Å². The maximum atomic E-state index is 12.5. The molecule has 2 aromatic rings. The molecule has 0 aromatic heterocycles. The summed E-state index contributed by atoms with van der Waals surface area (Å²) in [4.78, 5) is 14.9. The Kier molecular flexibility index (Phi) is 7.71. The van der Waals surface area contributed by atoms with Gasteiger partial charge >= 0.3 is 0 Å². The first-order chi connectivity index (χ1) is 13.6. The normalized spacial score (nSPS) is 16.0. The molecule has 7 heteroatoms. The SMILES string of the molecule is COc1ccc(C(=O)CNCC(c2ccc(Cl)cc2)N2CCOCC2)cc1Cl. The number of rotatable bonds is 8. The highest BCUT2D eigenvalue weighted by atomic mass is 35.5. The molecule has 1 unspecified atom stereocenters. The minimum Gasteiger partial charge on any atom is -0.495 e. The van der Waals surface area contributed by atoms with Gasteiger partial charge in [-0.1, -0.05) is 35.3 Å². The Labute approximate surface area is 175 Å². The van der Waals surface area contributed by atoms with Crippen molar-refractivity contribution in [3.8, 4) is 5.75 Å². The second-order valence-corrected chi connectivity index (χ2v) is 7.46. The van der Waals surface area contributed by atoms with Crippen molar-refractivity contribution in [2.24, 2.45) is 0 Å². The van der Waals surface area contributed by atoms with Crippen LogP contribution in [-0.4, -0.2) is 57.2 Å². The molecule has 28 heavy (non-hydrogen) atoms. The van der Waals surface area contributed by atoms with Crippen molar-refractivity contribution in [1.29, 1.82) is 0 Å². The van der Waals surface area contributed by atoms with E-state index in [9.17, 15) is 4.79 Å². The highest BCUT2D eigenvalue weighted by molar-refractivity contribution is 6.32. The molecule has 1 heterocycles. The number of benzene rings is 2. The highest BCUT2D eigenvalue weighted by Crippen LogP contribution is 2.25. The van der Waals surface area contributed by atoms with Crippen LogP contribution in [-0.2, 0) is 4.74 Å². The Morgan fingerprint density at radius 1 is 1.18 bits per heavy atom. The van der Waals surface area contributed by atoms with Gasteiger partial charge in [0.1, 0.15) is 5.75 Å². The lowest BCUT2D eigenvalue weighted by Gasteiger charge is -2.35. The largest absolute Gasteiger partial charge is 0.495 e. The van der Waals surface area contributed by atoms with Gasteiger partial charge in [-0.25, -0.2) is 0 Å². The number of carbonyl (C=O) groups excluding carboxylic acids is 1. The van der Waals surface area contributed by atoms with Crippen LogP contribution in [0.25, 0.3) is 0 Å². The van der Waals surface area contributed by atoms with E-state index in [1.807, 2.05) is 24.3 Å². The van der Waals surface area contributed by atoms with Gasteiger partial charge in [0.2, 0.25) is 0 Å². The van der Waals surface area contributed by atoms with Gasteiger partial charge in [0.25, 0.3) is 0 Å². The summed E-state index contributed by atoms with van der Waals surface area (Å²) in [6, 6.07) is 13.1. The van der Waals surface area contributed by atoms with Crippen molar-refractivity contribution in [2.75, 3.05) is 46.5 Å². The molecular weight excluding hydrogens is 399 g/mol. The van der Waals surface area contributed by atoms with Crippen molar-refractivity contribution in [3.05, 3.63) is 63.6 Å². The Morgan fingerprint density at radius 3 is 2.54 bits per heavy atom. The Bertz CT molecular complexity index is 793. The number of ketones is 1. The lowest BCUT2D eigenvalue weighted by Crippen LogP contribution is -2.43. The van der Waals surface area contributed by atoms with Crippen molar-refractivity contribution in [1.82, 2.24) is 10.2 Å². The fourth-order valence-electron chi connectivity index (χ4n) is 3.30. The molecule has 0 aliphatic carbocycles. The lowest BCUT2D eigenvalue weighted by molar-refractivity contribution is 0.0162. The number of nitrogens with zero attached hydrogens (tertiary/aromatic N) is 1. The molecule has 0 radical (unpaired) electrons. The van der Waals surface area contributed by atoms with Crippen LogP contribution in [0.15, 0.2) is 42.5 Å². The lowest BCUT2D eigenvalue weighted by atomic mass is 10.0. The van der Waals surface area contributed by atoms with E-state index < -0.39 is 0 Å². The zero-order chi connectivity index (χ0) is 19.9. The van der Waals surface area contributed by atoms with Gasteiger partial charge in [0.05, 0.1) is 31.9 Å². The minimum absolute atomic E-state index is 0.0126. The van der Waals surface area contributed by atoms with Gasteiger partial charge in [-0.3, -0.25) is 9.69 Å². The molecule has 1 aliphatic rings. The number of methoxy groups -OCH3 is 1. The number of ether oxygens (including phenoxy) is 2. The first-order valence-electron chi connectivity index (χ1n) is 9.23. The van der Waals surface area contributed by atoms with Crippen LogP contribution in [0.2, 0.25) is 10.0 Å². The van der Waals surface area contributed by atoms with E-state index in [2.05, 4.69) is 10.2 Å². The van der Waals surface area contributed by atoms with Crippen LogP contribution in [0.4, 0.5) is 0 Å².